The van der Waals surface area contributed by atoms with Crippen LogP contribution in [0.1, 0.15) is 30.4 Å². The van der Waals surface area contributed by atoms with Crippen molar-refractivity contribution in [2.24, 2.45) is 0 Å². The molecule has 0 atom stereocenters. The number of halogens is 2. The van der Waals surface area contributed by atoms with Gasteiger partial charge < -0.3 is 33.9 Å². The van der Waals surface area contributed by atoms with Gasteiger partial charge in [-0.15, -0.1) is 24.8 Å². The number of nitrogens with one attached hydrogen (secondary N) is 1. The first-order valence-corrected chi connectivity index (χ1v) is 12.6. The number of ether oxygens (including phenoxy) is 5. The number of rotatable bonds is 7. The lowest BCUT2D eigenvalue weighted by molar-refractivity contribution is 0.110. The SMILES string of the molecule is COCCC#Cc1ccc(Nc2c(C#N)c(OC3CCN(C)CC3)nc3cc(OC)ccc23)c2c1OCO2.Cl.Cl. The Labute approximate surface area is 246 Å². The number of nitrogens with zero attached hydrogens (tertiary/aromatic N) is 3. The number of piperidine rings is 1. The highest BCUT2D eigenvalue weighted by molar-refractivity contribution is 5.98. The molecular weight excluding hydrogens is 555 g/mol. The Bertz CT molecular complexity index is 1440. The zero-order chi connectivity index (χ0) is 26.5. The molecule has 3 aromatic rings. The minimum atomic E-state index is -0.0151. The number of fused-ring (bicyclic) bond motifs is 2. The molecule has 40 heavy (non-hydrogen) atoms. The standard InChI is InChI=1S/C29H30N4O5.2ClH/c1-33-13-11-20(12-14-33)38-29-23(17-30)26(22-9-8-21(35-3)16-25(22)32-29)31-24-10-7-19(6-4-5-15-34-2)27-28(24)37-18-36-27;;/h7-10,16,20H,5,11-15,18H2,1-3H3,(H,31,32);2*1H. The number of likely N-dealkylation sites (tertiary alicyclic amines) is 1. The average Bonchev–Trinajstić information content (AvgIpc) is 3.44. The lowest BCUT2D eigenvalue weighted by atomic mass is 10.1. The van der Waals surface area contributed by atoms with Gasteiger partial charge >= 0.3 is 0 Å². The van der Waals surface area contributed by atoms with Crippen molar-refractivity contribution in [2.75, 3.05) is 53.1 Å². The smallest absolute Gasteiger partial charge is 0.234 e. The third kappa shape index (κ3) is 6.57. The van der Waals surface area contributed by atoms with Gasteiger partial charge in [-0.2, -0.15) is 5.26 Å². The fourth-order valence-electron chi connectivity index (χ4n) is 4.57. The van der Waals surface area contributed by atoms with Crippen LogP contribution in [-0.2, 0) is 4.74 Å². The normalized spacial score (nSPS) is 14.2. The quantitative estimate of drug-likeness (QED) is 0.292. The fourth-order valence-corrected chi connectivity index (χ4v) is 4.57. The molecule has 5 rings (SSSR count). The molecule has 2 aromatic carbocycles. The molecule has 0 saturated carbocycles. The van der Waals surface area contributed by atoms with E-state index in [1.54, 1.807) is 14.2 Å². The molecule has 11 heteroatoms. The van der Waals surface area contributed by atoms with Gasteiger partial charge in [0.15, 0.2) is 11.5 Å². The maximum Gasteiger partial charge on any atom is 0.234 e. The molecule has 0 unspecified atom stereocenters. The van der Waals surface area contributed by atoms with Gasteiger partial charge in [0.05, 0.1) is 36.2 Å². The second-order valence-electron chi connectivity index (χ2n) is 9.18. The summed E-state index contributed by atoms with van der Waals surface area (Å²) in [5.41, 5.74) is 2.96. The minimum absolute atomic E-state index is 0. The summed E-state index contributed by atoms with van der Waals surface area (Å²) in [5, 5.41) is 14.4. The van der Waals surface area contributed by atoms with Crippen molar-refractivity contribution in [3.05, 3.63) is 41.5 Å². The summed E-state index contributed by atoms with van der Waals surface area (Å²) in [6, 6.07) is 11.6. The summed E-state index contributed by atoms with van der Waals surface area (Å²) in [6.45, 7) is 2.52. The number of benzene rings is 2. The molecule has 1 aromatic heterocycles. The number of pyridine rings is 1. The van der Waals surface area contributed by atoms with Gasteiger partial charge in [0, 0.05) is 38.1 Å². The van der Waals surface area contributed by atoms with Gasteiger partial charge in [-0.1, -0.05) is 11.8 Å². The molecule has 2 aliphatic heterocycles. The molecule has 2 aliphatic rings. The van der Waals surface area contributed by atoms with Crippen LogP contribution in [0.3, 0.4) is 0 Å². The molecule has 9 nitrogen and oxygen atoms in total. The van der Waals surface area contributed by atoms with E-state index in [4.69, 9.17) is 28.7 Å². The van der Waals surface area contributed by atoms with Crippen molar-refractivity contribution in [1.29, 1.82) is 5.26 Å². The summed E-state index contributed by atoms with van der Waals surface area (Å²) in [7, 11) is 5.36. The molecule has 3 heterocycles. The maximum absolute atomic E-state index is 10.3. The van der Waals surface area contributed by atoms with E-state index in [-0.39, 0.29) is 37.7 Å². The van der Waals surface area contributed by atoms with Gasteiger partial charge in [-0.25, -0.2) is 4.98 Å². The minimum Gasteiger partial charge on any atom is -0.497 e. The summed E-state index contributed by atoms with van der Waals surface area (Å²) in [5.74, 6) is 8.31. The van der Waals surface area contributed by atoms with Crippen molar-refractivity contribution >= 4 is 47.1 Å². The van der Waals surface area contributed by atoms with Crippen LogP contribution in [0, 0.1) is 23.2 Å². The van der Waals surface area contributed by atoms with Gasteiger partial charge in [-0.05, 0) is 44.2 Å². The van der Waals surface area contributed by atoms with E-state index in [9.17, 15) is 5.26 Å². The van der Waals surface area contributed by atoms with E-state index in [1.165, 1.54) is 0 Å². The van der Waals surface area contributed by atoms with Crippen LogP contribution in [0.5, 0.6) is 23.1 Å². The Morgan fingerprint density at radius 3 is 2.60 bits per heavy atom. The molecule has 1 fully saturated rings. The zero-order valence-corrected chi connectivity index (χ0v) is 24.2. The van der Waals surface area contributed by atoms with Gasteiger partial charge in [0.2, 0.25) is 12.7 Å². The zero-order valence-electron chi connectivity index (χ0n) is 22.6. The molecule has 0 radical (unpaired) electrons. The highest BCUT2D eigenvalue weighted by Gasteiger charge is 2.26. The number of aromatic nitrogens is 1. The summed E-state index contributed by atoms with van der Waals surface area (Å²) < 4.78 is 28.4. The predicted octanol–water partition coefficient (Wildman–Crippen LogP) is 5.29. The summed E-state index contributed by atoms with van der Waals surface area (Å²) in [6.07, 6.45) is 2.34. The molecule has 212 valence electrons. The lowest BCUT2D eigenvalue weighted by Crippen LogP contribution is -2.36. The third-order valence-corrected chi connectivity index (χ3v) is 6.65. The Balaban J connectivity index is 0.00000220. The summed E-state index contributed by atoms with van der Waals surface area (Å²) in [4.78, 5) is 7.01. The monoisotopic (exact) mass is 586 g/mol. The molecule has 0 spiro atoms. The van der Waals surface area contributed by atoms with Gasteiger partial charge in [0.1, 0.15) is 23.5 Å². The molecule has 1 N–H and O–H groups in total. The van der Waals surface area contributed by atoms with Crippen LogP contribution >= 0.6 is 24.8 Å². The second kappa shape index (κ2) is 14.2. The summed E-state index contributed by atoms with van der Waals surface area (Å²) >= 11 is 0. The highest BCUT2D eigenvalue weighted by atomic mass is 35.5. The van der Waals surface area contributed by atoms with E-state index < -0.39 is 0 Å². The Morgan fingerprint density at radius 1 is 1.10 bits per heavy atom. The lowest BCUT2D eigenvalue weighted by Gasteiger charge is -2.29. The number of nitriles is 1. The van der Waals surface area contributed by atoms with Crippen molar-refractivity contribution in [3.8, 4) is 41.0 Å². The van der Waals surface area contributed by atoms with Crippen LogP contribution in [0.25, 0.3) is 10.9 Å². The first kappa shape index (κ1) is 30.9. The molecule has 0 amide bonds. The van der Waals surface area contributed by atoms with Crippen LogP contribution in [0.15, 0.2) is 30.3 Å². The van der Waals surface area contributed by atoms with E-state index in [1.807, 2.05) is 30.3 Å². The van der Waals surface area contributed by atoms with Crippen LogP contribution in [0.2, 0.25) is 0 Å². The number of hydrogen-bond donors (Lipinski definition) is 1. The molecular formula is C29H32Cl2N4O5. The first-order valence-electron chi connectivity index (χ1n) is 12.6. The Hall–Kier alpha value is -3.60. The topological polar surface area (TPSA) is 98.1 Å². The van der Waals surface area contributed by atoms with E-state index in [0.29, 0.717) is 58.6 Å². The number of anilines is 2. The largest absolute Gasteiger partial charge is 0.497 e. The Morgan fingerprint density at radius 2 is 1.88 bits per heavy atom. The second-order valence-corrected chi connectivity index (χ2v) is 9.18. The first-order chi connectivity index (χ1) is 18.6. The van der Waals surface area contributed by atoms with Crippen molar-refractivity contribution < 1.29 is 23.7 Å². The fraction of sp³-hybridized carbons (Fsp3) is 0.379. The third-order valence-electron chi connectivity index (χ3n) is 6.65. The van der Waals surface area contributed by atoms with Gasteiger partial charge in [-0.3, -0.25) is 0 Å². The number of hydrogen-bond acceptors (Lipinski definition) is 9. The molecule has 0 aliphatic carbocycles. The van der Waals surface area contributed by atoms with Crippen molar-refractivity contribution in [1.82, 2.24) is 9.88 Å². The maximum atomic E-state index is 10.3. The van der Waals surface area contributed by atoms with Crippen LogP contribution < -0.4 is 24.3 Å². The highest BCUT2D eigenvalue weighted by Crippen LogP contribution is 2.45. The van der Waals surface area contributed by atoms with Crippen molar-refractivity contribution in [2.45, 2.75) is 25.4 Å². The van der Waals surface area contributed by atoms with E-state index in [2.05, 4.69) is 35.2 Å². The van der Waals surface area contributed by atoms with Crippen LogP contribution in [-0.4, -0.2) is 63.7 Å². The van der Waals surface area contributed by atoms with Crippen molar-refractivity contribution in [3.63, 3.8) is 0 Å². The number of methoxy groups -OCH3 is 2. The Kier molecular flexibility index (Phi) is 10.9. The van der Waals surface area contributed by atoms with Gasteiger partial charge in [0.25, 0.3) is 0 Å². The van der Waals surface area contributed by atoms with E-state index in [0.717, 1.165) is 36.9 Å². The van der Waals surface area contributed by atoms with E-state index >= 15 is 0 Å². The average molecular weight is 588 g/mol. The van der Waals surface area contributed by atoms with Crippen LogP contribution in [0.4, 0.5) is 11.4 Å². The molecule has 0 bridgehead atoms. The predicted molar refractivity (Wildman–Crippen MR) is 158 cm³/mol. The molecule has 1 saturated heterocycles.